The van der Waals surface area contributed by atoms with Crippen molar-refractivity contribution in [3.8, 4) is 0 Å². The van der Waals surface area contributed by atoms with Gasteiger partial charge in [-0.15, -0.1) is 0 Å². The molecule has 2 aromatic rings. The number of pyridine rings is 2. The molecule has 2 N–H and O–H groups in total. The van der Waals surface area contributed by atoms with Gasteiger partial charge in [-0.3, -0.25) is 9.97 Å². The van der Waals surface area contributed by atoms with Gasteiger partial charge in [-0.1, -0.05) is 19.1 Å². The summed E-state index contributed by atoms with van der Waals surface area (Å²) < 4.78 is 0. The summed E-state index contributed by atoms with van der Waals surface area (Å²) in [5, 5.41) is 0. The minimum absolute atomic E-state index is 0.196. The van der Waals surface area contributed by atoms with Gasteiger partial charge in [0.05, 0.1) is 11.7 Å². The maximum atomic E-state index is 6.26. The first-order chi connectivity index (χ1) is 8.22. The Balaban J connectivity index is 2.40. The Kier molecular flexibility index (Phi) is 3.49. The minimum Gasteiger partial charge on any atom is -0.319 e. The Hall–Kier alpha value is -1.74. The molecule has 0 radical (unpaired) electrons. The topological polar surface area (TPSA) is 51.8 Å². The first-order valence-electron chi connectivity index (χ1n) is 5.83. The molecule has 0 fully saturated rings. The summed E-state index contributed by atoms with van der Waals surface area (Å²) >= 11 is 0. The van der Waals surface area contributed by atoms with Gasteiger partial charge in [0.25, 0.3) is 0 Å². The molecule has 17 heavy (non-hydrogen) atoms. The number of nitrogens with two attached hydrogens (primary N) is 1. The van der Waals surface area contributed by atoms with E-state index in [0.717, 1.165) is 23.2 Å². The Labute approximate surface area is 102 Å². The first-order valence-corrected chi connectivity index (χ1v) is 5.83. The van der Waals surface area contributed by atoms with Crippen LogP contribution < -0.4 is 5.73 Å². The highest BCUT2D eigenvalue weighted by atomic mass is 14.8. The molecule has 0 aliphatic rings. The second-order valence-electron chi connectivity index (χ2n) is 4.17. The standard InChI is InChI=1S/C14H17N3/c1-3-11-5-4-6-17-14(11)13(15)12-7-10(2)8-16-9-12/h4-9,13H,3,15H2,1-2H3. The van der Waals surface area contributed by atoms with E-state index < -0.39 is 0 Å². The van der Waals surface area contributed by atoms with E-state index in [1.54, 1.807) is 6.20 Å². The van der Waals surface area contributed by atoms with Crippen molar-refractivity contribution < 1.29 is 0 Å². The van der Waals surface area contributed by atoms with Crippen molar-refractivity contribution in [1.29, 1.82) is 0 Å². The summed E-state index contributed by atoms with van der Waals surface area (Å²) in [5.74, 6) is 0. The molecule has 2 rings (SSSR count). The monoisotopic (exact) mass is 227 g/mol. The van der Waals surface area contributed by atoms with E-state index >= 15 is 0 Å². The average Bonchev–Trinajstić information content (AvgIpc) is 2.38. The van der Waals surface area contributed by atoms with Crippen LogP contribution in [0.25, 0.3) is 0 Å². The van der Waals surface area contributed by atoms with Crippen molar-refractivity contribution >= 4 is 0 Å². The van der Waals surface area contributed by atoms with Crippen molar-refractivity contribution in [3.63, 3.8) is 0 Å². The lowest BCUT2D eigenvalue weighted by Crippen LogP contribution is -2.16. The number of hydrogen-bond acceptors (Lipinski definition) is 3. The predicted molar refractivity (Wildman–Crippen MR) is 68.6 cm³/mol. The van der Waals surface area contributed by atoms with E-state index in [9.17, 15) is 0 Å². The van der Waals surface area contributed by atoms with Gasteiger partial charge >= 0.3 is 0 Å². The fourth-order valence-electron chi connectivity index (χ4n) is 1.94. The van der Waals surface area contributed by atoms with Crippen LogP contribution in [0.15, 0.2) is 36.8 Å². The maximum Gasteiger partial charge on any atom is 0.0744 e. The van der Waals surface area contributed by atoms with Gasteiger partial charge < -0.3 is 5.73 Å². The summed E-state index contributed by atoms with van der Waals surface area (Å²) in [7, 11) is 0. The fraction of sp³-hybridized carbons (Fsp3) is 0.286. The molecular formula is C14H17N3. The third-order valence-corrected chi connectivity index (χ3v) is 2.86. The van der Waals surface area contributed by atoms with Crippen molar-refractivity contribution in [1.82, 2.24) is 9.97 Å². The van der Waals surface area contributed by atoms with E-state index in [0.29, 0.717) is 0 Å². The molecule has 0 spiro atoms. The summed E-state index contributed by atoms with van der Waals surface area (Å²) in [4.78, 5) is 8.58. The molecule has 1 unspecified atom stereocenters. The molecule has 88 valence electrons. The van der Waals surface area contributed by atoms with E-state index in [2.05, 4.69) is 29.0 Å². The second-order valence-corrected chi connectivity index (χ2v) is 4.17. The van der Waals surface area contributed by atoms with Crippen LogP contribution in [0.3, 0.4) is 0 Å². The molecule has 0 saturated carbocycles. The van der Waals surface area contributed by atoms with Crippen molar-refractivity contribution in [3.05, 3.63) is 59.2 Å². The largest absolute Gasteiger partial charge is 0.319 e. The Morgan fingerprint density at radius 1 is 1.35 bits per heavy atom. The van der Waals surface area contributed by atoms with Crippen molar-refractivity contribution in [2.24, 2.45) is 5.73 Å². The zero-order valence-electron chi connectivity index (χ0n) is 10.2. The zero-order chi connectivity index (χ0) is 12.3. The van der Waals surface area contributed by atoms with Crippen LogP contribution >= 0.6 is 0 Å². The lowest BCUT2D eigenvalue weighted by Gasteiger charge is -2.14. The molecular weight excluding hydrogens is 210 g/mol. The molecule has 3 nitrogen and oxygen atoms in total. The lowest BCUT2D eigenvalue weighted by atomic mass is 9.99. The molecule has 0 aromatic carbocycles. The van der Waals surface area contributed by atoms with Crippen molar-refractivity contribution in [2.45, 2.75) is 26.3 Å². The molecule has 0 saturated heterocycles. The second kappa shape index (κ2) is 5.06. The van der Waals surface area contributed by atoms with Crippen molar-refractivity contribution in [2.75, 3.05) is 0 Å². The highest BCUT2D eigenvalue weighted by Crippen LogP contribution is 2.21. The smallest absolute Gasteiger partial charge is 0.0744 e. The predicted octanol–water partition coefficient (Wildman–Crippen LogP) is 2.40. The highest BCUT2D eigenvalue weighted by Gasteiger charge is 2.13. The van der Waals surface area contributed by atoms with E-state index in [-0.39, 0.29) is 6.04 Å². The summed E-state index contributed by atoms with van der Waals surface area (Å²) in [6.07, 6.45) is 6.37. The molecule has 2 heterocycles. The summed E-state index contributed by atoms with van der Waals surface area (Å²) in [6.45, 7) is 4.13. The fourth-order valence-corrected chi connectivity index (χ4v) is 1.94. The van der Waals surface area contributed by atoms with Crippen LogP contribution in [0.4, 0.5) is 0 Å². The quantitative estimate of drug-likeness (QED) is 0.876. The van der Waals surface area contributed by atoms with Gasteiger partial charge in [-0.2, -0.15) is 0 Å². The van der Waals surface area contributed by atoms with Gasteiger partial charge in [0.1, 0.15) is 0 Å². The summed E-state index contributed by atoms with van der Waals surface area (Å²) in [6, 6.07) is 5.89. The zero-order valence-corrected chi connectivity index (χ0v) is 10.2. The molecule has 3 heteroatoms. The van der Waals surface area contributed by atoms with Gasteiger partial charge in [0, 0.05) is 18.6 Å². The van der Waals surface area contributed by atoms with Crippen LogP contribution in [0.1, 0.15) is 35.3 Å². The van der Waals surface area contributed by atoms with Crippen LogP contribution in [0, 0.1) is 6.92 Å². The lowest BCUT2D eigenvalue weighted by molar-refractivity contribution is 0.799. The van der Waals surface area contributed by atoms with Crippen LogP contribution in [-0.4, -0.2) is 9.97 Å². The molecule has 0 amide bonds. The van der Waals surface area contributed by atoms with E-state index in [1.165, 1.54) is 5.56 Å². The Bertz CT molecular complexity index is 508. The number of aromatic nitrogens is 2. The molecule has 1 atom stereocenters. The Morgan fingerprint density at radius 3 is 2.88 bits per heavy atom. The molecule has 0 aliphatic heterocycles. The van der Waals surface area contributed by atoms with Crippen LogP contribution in [0.5, 0.6) is 0 Å². The average molecular weight is 227 g/mol. The molecule has 2 aromatic heterocycles. The van der Waals surface area contributed by atoms with E-state index in [1.807, 2.05) is 25.4 Å². The first kappa shape index (κ1) is 11.7. The highest BCUT2D eigenvalue weighted by molar-refractivity contribution is 5.32. The number of aryl methyl sites for hydroxylation is 2. The van der Waals surface area contributed by atoms with Crippen LogP contribution in [-0.2, 0) is 6.42 Å². The van der Waals surface area contributed by atoms with Crippen LogP contribution in [0.2, 0.25) is 0 Å². The Morgan fingerprint density at radius 2 is 2.18 bits per heavy atom. The minimum atomic E-state index is -0.196. The normalized spacial score (nSPS) is 12.4. The summed E-state index contributed by atoms with van der Waals surface area (Å²) in [5.41, 5.74) is 10.5. The third-order valence-electron chi connectivity index (χ3n) is 2.86. The SMILES string of the molecule is CCc1cccnc1C(N)c1cncc(C)c1. The third kappa shape index (κ3) is 2.50. The number of hydrogen-bond donors (Lipinski definition) is 1. The van der Waals surface area contributed by atoms with Gasteiger partial charge in [0.2, 0.25) is 0 Å². The number of nitrogens with zero attached hydrogens (tertiary/aromatic N) is 2. The van der Waals surface area contributed by atoms with Gasteiger partial charge in [-0.05, 0) is 36.1 Å². The maximum absolute atomic E-state index is 6.26. The van der Waals surface area contributed by atoms with Gasteiger partial charge in [-0.25, -0.2) is 0 Å². The van der Waals surface area contributed by atoms with E-state index in [4.69, 9.17) is 5.73 Å². The molecule has 0 bridgehead atoms. The van der Waals surface area contributed by atoms with Gasteiger partial charge in [0.15, 0.2) is 0 Å². The number of rotatable bonds is 3. The molecule has 0 aliphatic carbocycles.